The first-order chi connectivity index (χ1) is 9.44. The van der Waals surface area contributed by atoms with Crippen LogP contribution in [0.3, 0.4) is 0 Å². The van der Waals surface area contributed by atoms with Gasteiger partial charge in [-0.2, -0.15) is 0 Å². The summed E-state index contributed by atoms with van der Waals surface area (Å²) in [4.78, 5) is 0.159. The Balaban J connectivity index is 0.00000220. The van der Waals surface area contributed by atoms with Crippen LogP contribution in [0, 0.1) is 0 Å². The van der Waals surface area contributed by atoms with Crippen LogP contribution < -0.4 is 14.8 Å². The lowest BCUT2D eigenvalue weighted by atomic mass is 10.0. The monoisotopic (exact) mass is 398 g/mol. The standard InChI is InChI=1S/C13H19BrN2O3S.ClH/c1-9-11(4-3-7-15-9)16-20(17,18)13-8-10(14)5-6-12(13)19-2;/h5-6,8-9,11,15-16H,3-4,7H2,1-2H3;1H. The summed E-state index contributed by atoms with van der Waals surface area (Å²) in [5.74, 6) is 0.345. The second-order valence-electron chi connectivity index (χ2n) is 4.91. The quantitative estimate of drug-likeness (QED) is 0.815. The molecule has 0 spiro atoms. The number of methoxy groups -OCH3 is 1. The van der Waals surface area contributed by atoms with E-state index in [1.165, 1.54) is 7.11 Å². The van der Waals surface area contributed by atoms with Gasteiger partial charge >= 0.3 is 0 Å². The van der Waals surface area contributed by atoms with Gasteiger partial charge in [-0.15, -0.1) is 12.4 Å². The molecule has 5 nitrogen and oxygen atoms in total. The highest BCUT2D eigenvalue weighted by molar-refractivity contribution is 9.10. The fourth-order valence-corrected chi connectivity index (χ4v) is 4.39. The molecule has 0 radical (unpaired) electrons. The highest BCUT2D eigenvalue weighted by Gasteiger charge is 2.28. The van der Waals surface area contributed by atoms with Gasteiger partial charge in [0.15, 0.2) is 0 Å². The van der Waals surface area contributed by atoms with Gasteiger partial charge in [0, 0.05) is 16.6 Å². The topological polar surface area (TPSA) is 67.4 Å². The highest BCUT2D eigenvalue weighted by Crippen LogP contribution is 2.27. The summed E-state index contributed by atoms with van der Waals surface area (Å²) in [6.07, 6.45) is 1.80. The minimum absolute atomic E-state index is 0. The molecular weight excluding hydrogens is 380 g/mol. The fourth-order valence-electron chi connectivity index (χ4n) is 2.33. The summed E-state index contributed by atoms with van der Waals surface area (Å²) in [7, 11) is -2.14. The van der Waals surface area contributed by atoms with Gasteiger partial charge in [-0.3, -0.25) is 0 Å². The predicted molar refractivity (Wildman–Crippen MR) is 88.8 cm³/mol. The number of benzene rings is 1. The van der Waals surface area contributed by atoms with Crippen molar-refractivity contribution in [2.24, 2.45) is 0 Å². The lowest BCUT2D eigenvalue weighted by molar-refractivity contribution is 0.347. The summed E-state index contributed by atoms with van der Waals surface area (Å²) in [6.45, 7) is 2.92. The van der Waals surface area contributed by atoms with Crippen LogP contribution in [0.25, 0.3) is 0 Å². The molecule has 8 heteroatoms. The predicted octanol–water partition coefficient (Wildman–Crippen LogP) is 2.30. The molecule has 2 N–H and O–H groups in total. The number of sulfonamides is 1. The van der Waals surface area contributed by atoms with Gasteiger partial charge in [-0.05, 0) is 44.5 Å². The van der Waals surface area contributed by atoms with Crippen molar-refractivity contribution in [3.8, 4) is 5.75 Å². The summed E-state index contributed by atoms with van der Waals surface area (Å²) < 4.78 is 33.7. The van der Waals surface area contributed by atoms with Crippen LogP contribution in [0.2, 0.25) is 0 Å². The molecule has 0 aliphatic carbocycles. The first-order valence-corrected chi connectivity index (χ1v) is 8.81. The molecule has 2 unspecified atom stereocenters. The Hall–Kier alpha value is -0.340. The van der Waals surface area contributed by atoms with Crippen LogP contribution in [-0.4, -0.2) is 34.2 Å². The van der Waals surface area contributed by atoms with Crippen LogP contribution in [0.4, 0.5) is 0 Å². The van der Waals surface area contributed by atoms with Gasteiger partial charge < -0.3 is 10.1 Å². The lowest BCUT2D eigenvalue weighted by Crippen LogP contribution is -2.51. The third-order valence-corrected chi connectivity index (χ3v) is 5.49. The van der Waals surface area contributed by atoms with E-state index < -0.39 is 10.0 Å². The summed E-state index contributed by atoms with van der Waals surface area (Å²) >= 11 is 3.29. The van der Waals surface area contributed by atoms with Crippen LogP contribution in [-0.2, 0) is 10.0 Å². The molecule has 21 heavy (non-hydrogen) atoms. The lowest BCUT2D eigenvalue weighted by Gasteiger charge is -2.30. The average molecular weight is 400 g/mol. The maximum absolute atomic E-state index is 12.5. The number of rotatable bonds is 4. The van der Waals surface area contributed by atoms with E-state index in [9.17, 15) is 8.42 Å². The largest absolute Gasteiger partial charge is 0.495 e. The molecule has 0 bridgehead atoms. The number of piperidine rings is 1. The first-order valence-electron chi connectivity index (χ1n) is 6.53. The van der Waals surface area contributed by atoms with E-state index in [0.29, 0.717) is 10.2 Å². The van der Waals surface area contributed by atoms with Crippen molar-refractivity contribution in [1.29, 1.82) is 0 Å². The Bertz CT molecular complexity index is 583. The Morgan fingerprint density at radius 3 is 2.76 bits per heavy atom. The number of halogens is 2. The van der Waals surface area contributed by atoms with Crippen molar-refractivity contribution in [2.75, 3.05) is 13.7 Å². The zero-order valence-corrected chi connectivity index (χ0v) is 15.1. The third-order valence-electron chi connectivity index (χ3n) is 3.48. The summed E-state index contributed by atoms with van der Waals surface area (Å²) in [6, 6.07) is 4.97. The van der Waals surface area contributed by atoms with Gasteiger partial charge in [0.2, 0.25) is 10.0 Å². The zero-order valence-electron chi connectivity index (χ0n) is 11.9. The number of ether oxygens (including phenoxy) is 1. The van der Waals surface area contributed by atoms with Crippen molar-refractivity contribution in [3.05, 3.63) is 22.7 Å². The molecule has 2 atom stereocenters. The second-order valence-corrected chi connectivity index (χ2v) is 7.51. The third kappa shape index (κ3) is 4.56. The van der Waals surface area contributed by atoms with Gasteiger partial charge in [0.25, 0.3) is 0 Å². The van der Waals surface area contributed by atoms with E-state index in [-0.39, 0.29) is 29.4 Å². The van der Waals surface area contributed by atoms with E-state index in [1.54, 1.807) is 18.2 Å². The summed E-state index contributed by atoms with van der Waals surface area (Å²) in [5, 5.41) is 3.28. The van der Waals surface area contributed by atoms with E-state index >= 15 is 0 Å². The Kier molecular flexibility index (Phi) is 6.93. The molecule has 1 heterocycles. The highest BCUT2D eigenvalue weighted by atomic mass is 79.9. The smallest absolute Gasteiger partial charge is 0.244 e. The normalized spacial score (nSPS) is 22.4. The molecule has 1 fully saturated rings. The molecule has 1 aromatic rings. The van der Waals surface area contributed by atoms with Crippen LogP contribution >= 0.6 is 28.3 Å². The Labute approximate surface area is 140 Å². The van der Waals surface area contributed by atoms with E-state index in [4.69, 9.17) is 4.74 Å². The minimum Gasteiger partial charge on any atom is -0.495 e. The zero-order chi connectivity index (χ0) is 14.8. The molecular formula is C13H20BrClN2O3S. The molecule has 1 saturated heterocycles. The molecule has 0 amide bonds. The van der Waals surface area contributed by atoms with Crippen molar-refractivity contribution < 1.29 is 13.2 Å². The van der Waals surface area contributed by atoms with Gasteiger partial charge in [-0.1, -0.05) is 15.9 Å². The van der Waals surface area contributed by atoms with Gasteiger partial charge in [-0.25, -0.2) is 13.1 Å². The number of hydrogen-bond donors (Lipinski definition) is 2. The molecule has 1 aromatic carbocycles. The fraction of sp³-hybridized carbons (Fsp3) is 0.538. The molecule has 1 aliphatic heterocycles. The van der Waals surface area contributed by atoms with E-state index in [2.05, 4.69) is 26.0 Å². The number of nitrogens with one attached hydrogen (secondary N) is 2. The van der Waals surface area contributed by atoms with Crippen LogP contribution in [0.1, 0.15) is 19.8 Å². The van der Waals surface area contributed by atoms with E-state index in [0.717, 1.165) is 19.4 Å². The van der Waals surface area contributed by atoms with E-state index in [1.807, 2.05) is 6.92 Å². The van der Waals surface area contributed by atoms with Crippen LogP contribution in [0.15, 0.2) is 27.6 Å². The van der Waals surface area contributed by atoms with Gasteiger partial charge in [0.05, 0.1) is 7.11 Å². The maximum Gasteiger partial charge on any atom is 0.244 e. The molecule has 0 saturated carbocycles. The summed E-state index contributed by atoms with van der Waals surface area (Å²) in [5.41, 5.74) is 0. The SMILES string of the molecule is COc1ccc(Br)cc1S(=O)(=O)NC1CCCNC1C.Cl. The van der Waals surface area contributed by atoms with Crippen LogP contribution in [0.5, 0.6) is 5.75 Å². The van der Waals surface area contributed by atoms with Crippen molar-refractivity contribution in [1.82, 2.24) is 10.0 Å². The average Bonchev–Trinajstić information content (AvgIpc) is 2.41. The molecule has 2 rings (SSSR count). The van der Waals surface area contributed by atoms with Crippen molar-refractivity contribution >= 4 is 38.4 Å². The van der Waals surface area contributed by atoms with Gasteiger partial charge in [0.1, 0.15) is 10.6 Å². The Morgan fingerprint density at radius 2 is 2.14 bits per heavy atom. The molecule has 0 aromatic heterocycles. The van der Waals surface area contributed by atoms with Crippen molar-refractivity contribution in [2.45, 2.75) is 36.7 Å². The molecule has 1 aliphatic rings. The maximum atomic E-state index is 12.5. The minimum atomic E-state index is -3.60. The van der Waals surface area contributed by atoms with Crippen molar-refractivity contribution in [3.63, 3.8) is 0 Å². The molecule has 120 valence electrons. The second kappa shape index (κ2) is 7.78. The number of hydrogen-bond acceptors (Lipinski definition) is 4. The Morgan fingerprint density at radius 1 is 1.43 bits per heavy atom. The first kappa shape index (κ1) is 18.7.